The second kappa shape index (κ2) is 15.7. The molecule has 0 saturated carbocycles. The van der Waals surface area contributed by atoms with Crippen molar-refractivity contribution in [3.05, 3.63) is 141 Å². The maximum absolute atomic E-state index is 12.9. The normalized spacial score (nSPS) is 19.1. The molecular formula is C42H50N6O4. The highest BCUT2D eigenvalue weighted by molar-refractivity contribution is 6.03. The molecule has 272 valence electrons. The summed E-state index contributed by atoms with van der Waals surface area (Å²) < 4.78 is 0. The highest BCUT2D eigenvalue weighted by Gasteiger charge is 2.43. The van der Waals surface area contributed by atoms with E-state index in [0.29, 0.717) is 35.6 Å². The Balaban J connectivity index is 0.000000202. The molecule has 0 bridgehead atoms. The van der Waals surface area contributed by atoms with Gasteiger partial charge in [0.25, 0.3) is 11.8 Å². The third-order valence-corrected chi connectivity index (χ3v) is 9.39. The molecule has 4 aromatic rings. The number of nitrogens with one attached hydrogen (secondary N) is 2. The highest BCUT2D eigenvalue weighted by Crippen LogP contribution is 2.31. The first-order chi connectivity index (χ1) is 24.8. The highest BCUT2D eigenvalue weighted by atomic mass is 16.7. The second-order valence-corrected chi connectivity index (χ2v) is 13.8. The van der Waals surface area contributed by atoms with Crippen molar-refractivity contribution in [2.24, 2.45) is 10.3 Å². The van der Waals surface area contributed by atoms with Gasteiger partial charge in [-0.1, -0.05) is 95.8 Å². The number of amides is 2. The first kappa shape index (κ1) is 37.6. The first-order valence-corrected chi connectivity index (χ1v) is 17.8. The molecule has 2 aliphatic heterocycles. The van der Waals surface area contributed by atoms with Crippen molar-refractivity contribution in [1.82, 2.24) is 20.9 Å². The molecule has 2 amide bonds. The number of carbonyl (C=O) groups excluding carboxylic acids is 2. The molecule has 4 aromatic carbocycles. The minimum absolute atomic E-state index is 0.181. The zero-order valence-corrected chi connectivity index (χ0v) is 31.7. The van der Waals surface area contributed by atoms with E-state index in [1.807, 2.05) is 122 Å². The Morgan fingerprint density at radius 3 is 1.35 bits per heavy atom. The predicted molar refractivity (Wildman–Crippen MR) is 205 cm³/mol. The molecule has 2 N–H and O–H groups in total. The SMILES string of the molecule is CCC1(C)ON=C(c2cc(C)cc(C)c2)N1NC(=O)c1ccccc1.CCc1ccc(C(=O)NN2C(c3cc(C)cc(C)c3)=NOC2(C)CC)cc1. The van der Waals surface area contributed by atoms with Crippen LogP contribution in [0.25, 0.3) is 0 Å². The van der Waals surface area contributed by atoms with Crippen molar-refractivity contribution in [2.45, 2.75) is 93.0 Å². The maximum atomic E-state index is 12.9. The summed E-state index contributed by atoms with van der Waals surface area (Å²) in [6.07, 6.45) is 2.28. The van der Waals surface area contributed by atoms with Gasteiger partial charge in [0.15, 0.2) is 11.7 Å². The lowest BCUT2D eigenvalue weighted by molar-refractivity contribution is -0.0994. The van der Waals surface area contributed by atoms with Gasteiger partial charge in [0.05, 0.1) is 0 Å². The molecule has 6 rings (SSSR count). The molecule has 0 spiro atoms. The quantitative estimate of drug-likeness (QED) is 0.183. The predicted octanol–water partition coefficient (Wildman–Crippen LogP) is 8.10. The average molecular weight is 703 g/mol. The number of hydrazine groups is 2. The molecule has 2 heterocycles. The van der Waals surface area contributed by atoms with Gasteiger partial charge < -0.3 is 9.68 Å². The zero-order valence-electron chi connectivity index (χ0n) is 31.7. The fourth-order valence-electron chi connectivity index (χ4n) is 6.07. The van der Waals surface area contributed by atoms with Crippen LogP contribution >= 0.6 is 0 Å². The van der Waals surface area contributed by atoms with Crippen LogP contribution < -0.4 is 10.9 Å². The van der Waals surface area contributed by atoms with Gasteiger partial charge in [-0.15, -0.1) is 0 Å². The summed E-state index contributed by atoms with van der Waals surface area (Å²) in [6, 6.07) is 29.2. The average Bonchev–Trinajstić information content (AvgIpc) is 3.64. The maximum Gasteiger partial charge on any atom is 0.269 e. The zero-order chi connectivity index (χ0) is 37.6. The summed E-state index contributed by atoms with van der Waals surface area (Å²) in [7, 11) is 0. The minimum Gasteiger partial charge on any atom is -0.364 e. The monoisotopic (exact) mass is 702 g/mol. The van der Waals surface area contributed by atoms with Gasteiger partial charge in [0, 0.05) is 35.1 Å². The van der Waals surface area contributed by atoms with Crippen LogP contribution in [0.3, 0.4) is 0 Å². The summed E-state index contributed by atoms with van der Waals surface area (Å²) in [5.41, 5.74) is 13.3. The van der Waals surface area contributed by atoms with Crippen molar-refractivity contribution in [2.75, 3.05) is 0 Å². The third kappa shape index (κ3) is 8.28. The van der Waals surface area contributed by atoms with E-state index in [0.717, 1.165) is 39.8 Å². The van der Waals surface area contributed by atoms with Crippen LogP contribution in [0.15, 0.2) is 101 Å². The van der Waals surface area contributed by atoms with Crippen LogP contribution in [0.1, 0.15) is 107 Å². The van der Waals surface area contributed by atoms with Crippen molar-refractivity contribution in [3.63, 3.8) is 0 Å². The van der Waals surface area contributed by atoms with E-state index in [-0.39, 0.29) is 11.8 Å². The van der Waals surface area contributed by atoms with Crippen LogP contribution in [0.4, 0.5) is 0 Å². The van der Waals surface area contributed by atoms with Crippen LogP contribution in [-0.4, -0.2) is 45.0 Å². The van der Waals surface area contributed by atoms with Crippen LogP contribution in [0.2, 0.25) is 0 Å². The lowest BCUT2D eigenvalue weighted by Gasteiger charge is -2.33. The summed E-state index contributed by atoms with van der Waals surface area (Å²) in [5, 5.41) is 12.0. The summed E-state index contributed by atoms with van der Waals surface area (Å²) in [5.74, 6) is 0.855. The number of carbonyl (C=O) groups is 2. The van der Waals surface area contributed by atoms with E-state index in [1.54, 1.807) is 22.2 Å². The van der Waals surface area contributed by atoms with Gasteiger partial charge in [-0.05, 0) is 102 Å². The molecule has 0 saturated heterocycles. The van der Waals surface area contributed by atoms with Gasteiger partial charge in [-0.3, -0.25) is 20.4 Å². The largest absolute Gasteiger partial charge is 0.364 e. The number of hydrogen-bond acceptors (Lipinski definition) is 8. The Morgan fingerprint density at radius 1 is 0.596 bits per heavy atom. The molecule has 10 nitrogen and oxygen atoms in total. The van der Waals surface area contributed by atoms with E-state index in [4.69, 9.17) is 9.68 Å². The van der Waals surface area contributed by atoms with E-state index < -0.39 is 11.4 Å². The lowest BCUT2D eigenvalue weighted by Crippen LogP contribution is -2.55. The Labute approximate surface area is 307 Å². The van der Waals surface area contributed by atoms with E-state index in [2.05, 4.69) is 40.2 Å². The minimum atomic E-state index is -0.730. The fraction of sp³-hybridized carbons (Fsp3) is 0.333. The Bertz CT molecular complexity index is 1940. The lowest BCUT2D eigenvalue weighted by atomic mass is 10.1. The van der Waals surface area contributed by atoms with Gasteiger partial charge in [0.2, 0.25) is 11.4 Å². The topological polar surface area (TPSA) is 108 Å². The van der Waals surface area contributed by atoms with Gasteiger partial charge in [0.1, 0.15) is 0 Å². The Hall–Kier alpha value is -5.64. The summed E-state index contributed by atoms with van der Waals surface area (Å²) in [6.45, 7) is 18.1. The first-order valence-electron chi connectivity index (χ1n) is 17.8. The number of hydrogen-bond donors (Lipinski definition) is 2. The van der Waals surface area contributed by atoms with Crippen LogP contribution in [-0.2, 0) is 16.1 Å². The van der Waals surface area contributed by atoms with Crippen molar-refractivity contribution < 1.29 is 19.3 Å². The fourth-order valence-corrected chi connectivity index (χ4v) is 6.07. The van der Waals surface area contributed by atoms with Gasteiger partial charge in [-0.2, -0.15) is 0 Å². The van der Waals surface area contributed by atoms with Crippen molar-refractivity contribution >= 4 is 23.5 Å². The standard InChI is InChI=1S/C22H27N3O2.C20H23N3O2/c1-6-17-8-10-18(11-9-17)21(26)23-25-20(24-27-22(25,5)7-2)19-13-15(3)12-16(4)14-19;1-5-20(4)23(21-19(24)16-9-7-6-8-10-16)18(22-25-20)17-12-14(2)11-15(3)13-17/h8-14H,6-7H2,1-5H3,(H,23,26);6-13H,5H2,1-4H3,(H,21,24). The van der Waals surface area contributed by atoms with Crippen LogP contribution in [0.5, 0.6) is 0 Å². The van der Waals surface area contributed by atoms with Gasteiger partial charge in [-0.25, -0.2) is 10.0 Å². The number of oxime groups is 2. The molecule has 2 aliphatic rings. The molecular weight excluding hydrogens is 653 g/mol. The Morgan fingerprint density at radius 2 is 0.981 bits per heavy atom. The Kier molecular flexibility index (Phi) is 11.4. The molecule has 52 heavy (non-hydrogen) atoms. The smallest absolute Gasteiger partial charge is 0.269 e. The van der Waals surface area contributed by atoms with E-state index in [9.17, 15) is 9.59 Å². The third-order valence-electron chi connectivity index (χ3n) is 9.39. The number of amidine groups is 2. The van der Waals surface area contributed by atoms with E-state index in [1.165, 1.54) is 5.56 Å². The second-order valence-electron chi connectivity index (χ2n) is 13.8. The summed E-state index contributed by atoms with van der Waals surface area (Å²) in [4.78, 5) is 36.9. The van der Waals surface area contributed by atoms with Crippen molar-refractivity contribution in [1.29, 1.82) is 0 Å². The molecule has 0 aliphatic carbocycles. The number of rotatable bonds is 9. The number of benzene rings is 4. The molecule has 0 aromatic heterocycles. The molecule has 2 atom stereocenters. The molecule has 2 unspecified atom stereocenters. The number of aryl methyl sites for hydroxylation is 5. The number of nitrogens with zero attached hydrogens (tertiary/aromatic N) is 4. The summed E-state index contributed by atoms with van der Waals surface area (Å²) >= 11 is 0. The van der Waals surface area contributed by atoms with E-state index >= 15 is 0 Å². The molecule has 0 radical (unpaired) electrons. The van der Waals surface area contributed by atoms with Gasteiger partial charge >= 0.3 is 0 Å². The van der Waals surface area contributed by atoms with Crippen LogP contribution in [0, 0.1) is 27.7 Å². The van der Waals surface area contributed by atoms with Crippen molar-refractivity contribution in [3.8, 4) is 0 Å². The molecule has 10 heteroatoms. The molecule has 0 fully saturated rings.